The van der Waals surface area contributed by atoms with Crippen LogP contribution in [-0.4, -0.2) is 70.4 Å². The zero-order valence-electron chi connectivity index (χ0n) is 20.5. The summed E-state index contributed by atoms with van der Waals surface area (Å²) in [5.41, 5.74) is 1.07. The van der Waals surface area contributed by atoms with Crippen molar-refractivity contribution in [2.45, 2.75) is 76.6 Å². The zero-order chi connectivity index (χ0) is 24.5. The van der Waals surface area contributed by atoms with Crippen molar-refractivity contribution in [1.29, 1.82) is 0 Å². The minimum atomic E-state index is -0.586. The van der Waals surface area contributed by atoms with Crippen molar-refractivity contribution in [1.82, 2.24) is 14.9 Å². The number of aromatic nitrogens is 2. The van der Waals surface area contributed by atoms with E-state index in [9.17, 15) is 13.9 Å². The Hall–Kier alpha value is -2.52. The SMILES string of the molecule is CC(C)N1CCOc2c(F)cc(-c3nc(NC4CCN(C5CCC(O)CC5)CC4)ncc3F)cc21. The number of nitrogens with one attached hydrogen (secondary N) is 1. The molecule has 2 N–H and O–H groups in total. The molecule has 0 spiro atoms. The first-order valence-corrected chi connectivity index (χ1v) is 12.8. The van der Waals surface area contributed by atoms with E-state index in [-0.39, 0.29) is 29.6 Å². The number of anilines is 2. The zero-order valence-corrected chi connectivity index (χ0v) is 20.5. The molecule has 0 bridgehead atoms. The van der Waals surface area contributed by atoms with Gasteiger partial charge in [0, 0.05) is 36.8 Å². The number of benzene rings is 1. The van der Waals surface area contributed by atoms with Crippen LogP contribution in [0.25, 0.3) is 11.3 Å². The first-order chi connectivity index (χ1) is 16.9. The molecule has 2 aromatic rings. The normalized spacial score (nSPS) is 23.8. The molecule has 1 aliphatic carbocycles. The summed E-state index contributed by atoms with van der Waals surface area (Å²) in [6.45, 7) is 7.10. The summed E-state index contributed by atoms with van der Waals surface area (Å²) in [5.74, 6) is -0.536. The molecule has 3 heterocycles. The van der Waals surface area contributed by atoms with Crippen LogP contribution in [-0.2, 0) is 0 Å². The van der Waals surface area contributed by atoms with Crippen molar-refractivity contribution in [3.63, 3.8) is 0 Å². The smallest absolute Gasteiger partial charge is 0.223 e. The number of aliphatic hydroxyl groups excluding tert-OH is 1. The average molecular weight is 488 g/mol. The van der Waals surface area contributed by atoms with Crippen molar-refractivity contribution >= 4 is 11.6 Å². The molecule has 3 aliphatic rings. The van der Waals surface area contributed by atoms with E-state index in [1.807, 2.05) is 13.8 Å². The summed E-state index contributed by atoms with van der Waals surface area (Å²) >= 11 is 0. The third-order valence-electron chi connectivity index (χ3n) is 7.60. The molecule has 1 aromatic heterocycles. The number of aliphatic hydroxyl groups is 1. The van der Waals surface area contributed by atoms with Gasteiger partial charge in [-0.15, -0.1) is 0 Å². The maximum atomic E-state index is 14.9. The molecule has 5 rings (SSSR count). The fourth-order valence-corrected chi connectivity index (χ4v) is 5.63. The quantitative estimate of drug-likeness (QED) is 0.655. The van der Waals surface area contributed by atoms with E-state index in [4.69, 9.17) is 4.74 Å². The highest BCUT2D eigenvalue weighted by Crippen LogP contribution is 2.39. The van der Waals surface area contributed by atoms with E-state index in [0.717, 1.165) is 57.8 Å². The second-order valence-electron chi connectivity index (χ2n) is 10.2. The minimum Gasteiger partial charge on any atom is -0.486 e. The fourth-order valence-electron chi connectivity index (χ4n) is 5.63. The Morgan fingerprint density at radius 3 is 2.49 bits per heavy atom. The number of hydrogen-bond donors (Lipinski definition) is 2. The van der Waals surface area contributed by atoms with Gasteiger partial charge in [0.1, 0.15) is 12.3 Å². The number of ether oxygens (including phenoxy) is 1. The van der Waals surface area contributed by atoms with Gasteiger partial charge in [0.25, 0.3) is 0 Å². The van der Waals surface area contributed by atoms with Crippen molar-refractivity contribution in [3.05, 3.63) is 30.0 Å². The lowest BCUT2D eigenvalue weighted by Crippen LogP contribution is -2.46. The highest BCUT2D eigenvalue weighted by molar-refractivity contribution is 5.72. The standard InChI is InChI=1S/C26H35F2N5O2/c1-16(2)33-11-12-35-25-21(27)13-17(14-23(25)33)24-22(28)15-29-26(31-24)30-18-7-9-32(10-8-18)19-3-5-20(34)6-4-19/h13-16,18-20,34H,3-12H2,1-2H3,(H,29,30,31). The van der Waals surface area contributed by atoms with Gasteiger partial charge in [-0.2, -0.15) is 0 Å². The van der Waals surface area contributed by atoms with Crippen molar-refractivity contribution in [3.8, 4) is 17.0 Å². The van der Waals surface area contributed by atoms with E-state index >= 15 is 0 Å². The second-order valence-corrected chi connectivity index (χ2v) is 10.2. The average Bonchev–Trinajstić information content (AvgIpc) is 2.86. The Bertz CT molecular complexity index is 1040. The molecule has 0 amide bonds. The van der Waals surface area contributed by atoms with E-state index in [2.05, 4.69) is 25.1 Å². The van der Waals surface area contributed by atoms with Gasteiger partial charge in [-0.05, 0) is 64.5 Å². The molecule has 9 heteroatoms. The lowest BCUT2D eigenvalue weighted by atomic mass is 9.90. The molecule has 190 valence electrons. The van der Waals surface area contributed by atoms with Gasteiger partial charge in [-0.3, -0.25) is 0 Å². The van der Waals surface area contributed by atoms with Gasteiger partial charge in [0.15, 0.2) is 17.4 Å². The predicted octanol–water partition coefficient (Wildman–Crippen LogP) is 4.21. The maximum absolute atomic E-state index is 14.9. The highest BCUT2D eigenvalue weighted by atomic mass is 19.1. The number of fused-ring (bicyclic) bond motifs is 1. The monoisotopic (exact) mass is 487 g/mol. The summed E-state index contributed by atoms with van der Waals surface area (Å²) in [5, 5.41) is 13.1. The Balaban J connectivity index is 1.30. The minimum absolute atomic E-state index is 0.0803. The Morgan fingerprint density at radius 2 is 1.77 bits per heavy atom. The van der Waals surface area contributed by atoms with Crippen LogP contribution in [0.5, 0.6) is 5.75 Å². The van der Waals surface area contributed by atoms with Gasteiger partial charge in [-0.25, -0.2) is 18.7 Å². The number of halogens is 2. The maximum Gasteiger partial charge on any atom is 0.223 e. The highest BCUT2D eigenvalue weighted by Gasteiger charge is 2.29. The van der Waals surface area contributed by atoms with Crippen molar-refractivity contribution < 1.29 is 18.6 Å². The molecule has 1 saturated heterocycles. The Labute approximate surface area is 205 Å². The second kappa shape index (κ2) is 10.2. The third-order valence-corrected chi connectivity index (χ3v) is 7.60. The topological polar surface area (TPSA) is 73.8 Å². The number of nitrogens with zero attached hydrogens (tertiary/aromatic N) is 4. The van der Waals surface area contributed by atoms with Crippen LogP contribution in [0, 0.1) is 11.6 Å². The molecule has 1 saturated carbocycles. The number of rotatable bonds is 5. The summed E-state index contributed by atoms with van der Waals surface area (Å²) in [7, 11) is 0. The molecule has 1 aromatic carbocycles. The Kier molecular flexibility index (Phi) is 7.07. The molecule has 2 fully saturated rings. The lowest BCUT2D eigenvalue weighted by Gasteiger charge is -2.40. The van der Waals surface area contributed by atoms with E-state index in [0.29, 0.717) is 36.4 Å². The van der Waals surface area contributed by atoms with E-state index in [1.54, 1.807) is 6.07 Å². The van der Waals surface area contributed by atoms with Gasteiger partial charge >= 0.3 is 0 Å². The largest absolute Gasteiger partial charge is 0.486 e. The van der Waals surface area contributed by atoms with Crippen molar-refractivity contribution in [2.75, 3.05) is 36.5 Å². The third kappa shape index (κ3) is 5.21. The van der Waals surface area contributed by atoms with Crippen LogP contribution in [0.3, 0.4) is 0 Å². The molecular weight excluding hydrogens is 452 g/mol. The molecule has 0 unspecified atom stereocenters. The van der Waals surface area contributed by atoms with Crippen LogP contribution >= 0.6 is 0 Å². The van der Waals surface area contributed by atoms with Gasteiger partial charge < -0.3 is 25.0 Å². The summed E-state index contributed by atoms with van der Waals surface area (Å²) < 4.78 is 35.3. The first kappa shape index (κ1) is 24.2. The number of piperidine rings is 1. The first-order valence-electron chi connectivity index (χ1n) is 12.8. The Morgan fingerprint density at radius 1 is 1.03 bits per heavy atom. The van der Waals surface area contributed by atoms with Crippen molar-refractivity contribution in [2.24, 2.45) is 0 Å². The number of likely N-dealkylation sites (tertiary alicyclic amines) is 1. The summed E-state index contributed by atoms with van der Waals surface area (Å²) in [6, 6.07) is 3.96. The van der Waals surface area contributed by atoms with E-state index in [1.165, 1.54) is 6.07 Å². The van der Waals surface area contributed by atoms with Crippen LogP contribution in [0.4, 0.5) is 20.4 Å². The molecule has 0 atom stereocenters. The van der Waals surface area contributed by atoms with Crippen LogP contribution < -0.4 is 15.0 Å². The molecule has 2 aliphatic heterocycles. The van der Waals surface area contributed by atoms with Gasteiger partial charge in [-0.1, -0.05) is 0 Å². The predicted molar refractivity (Wildman–Crippen MR) is 132 cm³/mol. The lowest BCUT2D eigenvalue weighted by molar-refractivity contribution is 0.0632. The van der Waals surface area contributed by atoms with Crippen LogP contribution in [0.2, 0.25) is 0 Å². The van der Waals surface area contributed by atoms with Gasteiger partial charge in [0.2, 0.25) is 5.95 Å². The molecule has 35 heavy (non-hydrogen) atoms. The molecule has 7 nitrogen and oxygen atoms in total. The van der Waals surface area contributed by atoms with E-state index < -0.39 is 11.6 Å². The molecular formula is C26H35F2N5O2. The van der Waals surface area contributed by atoms with Crippen LogP contribution in [0.15, 0.2) is 18.3 Å². The van der Waals surface area contributed by atoms with Crippen LogP contribution in [0.1, 0.15) is 52.4 Å². The van der Waals surface area contributed by atoms with Gasteiger partial charge in [0.05, 0.1) is 24.5 Å². The summed E-state index contributed by atoms with van der Waals surface area (Å²) in [6.07, 6.45) is 6.80. The molecule has 0 radical (unpaired) electrons. The number of hydrogen-bond acceptors (Lipinski definition) is 7. The summed E-state index contributed by atoms with van der Waals surface area (Å²) in [4.78, 5) is 13.2. The fraction of sp³-hybridized carbons (Fsp3) is 0.615.